The molecule has 2 fully saturated rings. The summed E-state index contributed by atoms with van der Waals surface area (Å²) in [5.74, 6) is 1.28. The van der Waals surface area contributed by atoms with Crippen LogP contribution in [0.1, 0.15) is 38.2 Å². The van der Waals surface area contributed by atoms with E-state index in [1.165, 1.54) is 18.9 Å². The molecule has 0 amide bonds. The number of nitrogens with two attached hydrogens (primary N) is 1. The standard InChI is InChI=1S/C17H24FN3/c1-13-5-9-21(10-6-13)16(19)20-12-17(7-8-17)14-3-2-4-15(18)11-14/h2-4,11,13H,5-10,12H2,1H3,(H2,19,20). The summed E-state index contributed by atoms with van der Waals surface area (Å²) in [6.07, 6.45) is 4.52. The molecule has 4 heteroatoms. The molecule has 1 aliphatic carbocycles. The van der Waals surface area contributed by atoms with Gasteiger partial charge in [0, 0.05) is 18.5 Å². The molecule has 0 unspecified atom stereocenters. The van der Waals surface area contributed by atoms with Crippen molar-refractivity contribution in [3.63, 3.8) is 0 Å². The Hall–Kier alpha value is -1.58. The molecule has 1 heterocycles. The van der Waals surface area contributed by atoms with Crippen molar-refractivity contribution in [2.75, 3.05) is 19.6 Å². The van der Waals surface area contributed by atoms with Gasteiger partial charge in [-0.05, 0) is 49.3 Å². The minimum Gasteiger partial charge on any atom is -0.370 e. The van der Waals surface area contributed by atoms with E-state index in [-0.39, 0.29) is 11.2 Å². The third-order valence-electron chi connectivity index (χ3n) is 4.94. The summed E-state index contributed by atoms with van der Waals surface area (Å²) in [6, 6.07) is 6.92. The van der Waals surface area contributed by atoms with Gasteiger partial charge in [-0.1, -0.05) is 19.1 Å². The molecule has 2 aliphatic rings. The highest BCUT2D eigenvalue weighted by Crippen LogP contribution is 2.48. The zero-order valence-electron chi connectivity index (χ0n) is 12.7. The molecule has 0 atom stereocenters. The van der Waals surface area contributed by atoms with Gasteiger partial charge in [0.15, 0.2) is 5.96 Å². The van der Waals surface area contributed by atoms with Gasteiger partial charge < -0.3 is 10.6 Å². The Morgan fingerprint density at radius 3 is 2.71 bits per heavy atom. The average molecular weight is 289 g/mol. The van der Waals surface area contributed by atoms with E-state index in [1.54, 1.807) is 12.1 Å². The second kappa shape index (κ2) is 5.66. The highest BCUT2D eigenvalue weighted by atomic mass is 19.1. The van der Waals surface area contributed by atoms with Crippen molar-refractivity contribution < 1.29 is 4.39 Å². The maximum atomic E-state index is 13.4. The topological polar surface area (TPSA) is 41.6 Å². The van der Waals surface area contributed by atoms with E-state index in [9.17, 15) is 4.39 Å². The van der Waals surface area contributed by atoms with Crippen LogP contribution >= 0.6 is 0 Å². The molecule has 1 aromatic carbocycles. The minimum absolute atomic E-state index is 0.0236. The van der Waals surface area contributed by atoms with Crippen molar-refractivity contribution in [3.05, 3.63) is 35.6 Å². The lowest BCUT2D eigenvalue weighted by atomic mass is 9.96. The summed E-state index contributed by atoms with van der Waals surface area (Å²) in [4.78, 5) is 6.79. The fourth-order valence-electron chi connectivity index (χ4n) is 3.08. The number of likely N-dealkylation sites (tertiary alicyclic amines) is 1. The molecule has 0 spiro atoms. The van der Waals surface area contributed by atoms with Gasteiger partial charge in [-0.25, -0.2) is 4.39 Å². The predicted molar refractivity (Wildman–Crippen MR) is 83.8 cm³/mol. The molecular weight excluding hydrogens is 265 g/mol. The van der Waals surface area contributed by atoms with Crippen LogP contribution in [0.3, 0.4) is 0 Å². The smallest absolute Gasteiger partial charge is 0.191 e. The van der Waals surface area contributed by atoms with Gasteiger partial charge in [0.25, 0.3) is 0 Å². The zero-order chi connectivity index (χ0) is 14.9. The molecule has 21 heavy (non-hydrogen) atoms. The van der Waals surface area contributed by atoms with Crippen LogP contribution in [0.4, 0.5) is 4.39 Å². The van der Waals surface area contributed by atoms with Crippen molar-refractivity contribution in [3.8, 4) is 0 Å². The van der Waals surface area contributed by atoms with Crippen molar-refractivity contribution >= 4 is 5.96 Å². The van der Waals surface area contributed by atoms with Crippen LogP contribution in [0.25, 0.3) is 0 Å². The summed E-state index contributed by atoms with van der Waals surface area (Å²) in [5, 5.41) is 0. The fourth-order valence-corrected chi connectivity index (χ4v) is 3.08. The largest absolute Gasteiger partial charge is 0.370 e. The first-order valence-corrected chi connectivity index (χ1v) is 7.90. The Kier molecular flexibility index (Phi) is 3.87. The van der Waals surface area contributed by atoms with E-state index in [4.69, 9.17) is 5.73 Å². The Morgan fingerprint density at radius 2 is 2.10 bits per heavy atom. The van der Waals surface area contributed by atoms with Crippen molar-refractivity contribution in [1.82, 2.24) is 4.90 Å². The number of guanidine groups is 1. The monoisotopic (exact) mass is 289 g/mol. The molecule has 1 saturated carbocycles. The van der Waals surface area contributed by atoms with Gasteiger partial charge in [-0.2, -0.15) is 0 Å². The zero-order valence-corrected chi connectivity index (χ0v) is 12.7. The van der Waals surface area contributed by atoms with Crippen molar-refractivity contribution in [2.24, 2.45) is 16.6 Å². The minimum atomic E-state index is -0.166. The highest BCUT2D eigenvalue weighted by molar-refractivity contribution is 5.78. The Labute approximate surface area is 126 Å². The number of halogens is 1. The van der Waals surface area contributed by atoms with Crippen LogP contribution in [0, 0.1) is 11.7 Å². The normalized spacial score (nSPS) is 22.4. The lowest BCUT2D eigenvalue weighted by molar-refractivity contribution is 0.277. The molecular formula is C17H24FN3. The van der Waals surface area contributed by atoms with Gasteiger partial charge in [-0.3, -0.25) is 4.99 Å². The number of piperidine rings is 1. The van der Waals surface area contributed by atoms with Gasteiger partial charge in [0.05, 0.1) is 6.54 Å². The maximum absolute atomic E-state index is 13.4. The second-order valence-electron chi connectivity index (χ2n) is 6.63. The lowest BCUT2D eigenvalue weighted by Crippen LogP contribution is -2.42. The van der Waals surface area contributed by atoms with Crippen LogP contribution in [-0.2, 0) is 5.41 Å². The number of benzene rings is 1. The van der Waals surface area contributed by atoms with Crippen LogP contribution in [0.15, 0.2) is 29.3 Å². The Bertz CT molecular complexity index is 529. The Morgan fingerprint density at radius 1 is 1.38 bits per heavy atom. The number of hydrogen-bond acceptors (Lipinski definition) is 1. The molecule has 1 aromatic rings. The third kappa shape index (κ3) is 3.20. The molecule has 2 N–H and O–H groups in total. The van der Waals surface area contributed by atoms with E-state index in [1.807, 2.05) is 6.07 Å². The molecule has 0 aromatic heterocycles. The quantitative estimate of drug-likeness (QED) is 0.686. The van der Waals surface area contributed by atoms with Crippen LogP contribution in [0.5, 0.6) is 0 Å². The molecule has 3 rings (SSSR count). The summed E-state index contributed by atoms with van der Waals surface area (Å²) >= 11 is 0. The molecule has 0 bridgehead atoms. The first-order valence-electron chi connectivity index (χ1n) is 7.90. The second-order valence-corrected chi connectivity index (χ2v) is 6.63. The first kappa shape index (κ1) is 14.4. The number of hydrogen-bond donors (Lipinski definition) is 1. The molecule has 0 radical (unpaired) electrons. The van der Waals surface area contributed by atoms with Crippen molar-refractivity contribution in [1.29, 1.82) is 0 Å². The first-order chi connectivity index (χ1) is 10.1. The van der Waals surface area contributed by atoms with E-state index in [2.05, 4.69) is 16.8 Å². The van der Waals surface area contributed by atoms with E-state index < -0.39 is 0 Å². The van der Waals surface area contributed by atoms with Crippen LogP contribution in [0.2, 0.25) is 0 Å². The molecule has 1 aliphatic heterocycles. The summed E-state index contributed by atoms with van der Waals surface area (Å²) in [5.41, 5.74) is 7.22. The fraction of sp³-hybridized carbons (Fsp3) is 0.588. The van der Waals surface area contributed by atoms with Crippen LogP contribution < -0.4 is 5.73 Å². The van der Waals surface area contributed by atoms with Gasteiger partial charge in [0.2, 0.25) is 0 Å². The number of nitrogens with zero attached hydrogens (tertiary/aromatic N) is 2. The maximum Gasteiger partial charge on any atom is 0.191 e. The molecule has 1 saturated heterocycles. The van der Waals surface area contributed by atoms with E-state index in [0.717, 1.165) is 37.4 Å². The van der Waals surface area contributed by atoms with Gasteiger partial charge in [-0.15, -0.1) is 0 Å². The van der Waals surface area contributed by atoms with E-state index in [0.29, 0.717) is 12.5 Å². The highest BCUT2D eigenvalue weighted by Gasteiger charge is 2.44. The van der Waals surface area contributed by atoms with Gasteiger partial charge in [0.1, 0.15) is 5.82 Å². The van der Waals surface area contributed by atoms with E-state index >= 15 is 0 Å². The molecule has 3 nitrogen and oxygen atoms in total. The van der Waals surface area contributed by atoms with Crippen LogP contribution in [-0.4, -0.2) is 30.5 Å². The van der Waals surface area contributed by atoms with Crippen molar-refractivity contribution in [2.45, 2.75) is 38.0 Å². The third-order valence-corrected chi connectivity index (χ3v) is 4.94. The number of aliphatic imine (C=N–C) groups is 1. The summed E-state index contributed by atoms with van der Waals surface area (Å²) < 4.78 is 13.4. The lowest BCUT2D eigenvalue weighted by Gasteiger charge is -2.31. The SMILES string of the molecule is CC1CCN(C(N)=NCC2(c3cccc(F)c3)CC2)CC1. The summed E-state index contributed by atoms with van der Waals surface area (Å²) in [7, 11) is 0. The predicted octanol–water partition coefficient (Wildman–Crippen LogP) is 2.90. The summed E-state index contributed by atoms with van der Waals surface area (Å²) in [6.45, 7) is 4.97. The Balaban J connectivity index is 1.65. The number of rotatable bonds is 3. The molecule has 114 valence electrons. The van der Waals surface area contributed by atoms with Gasteiger partial charge >= 0.3 is 0 Å². The average Bonchev–Trinajstić information content (AvgIpc) is 3.27.